The van der Waals surface area contributed by atoms with Crippen molar-refractivity contribution in [2.45, 2.75) is 37.8 Å². The van der Waals surface area contributed by atoms with Crippen LogP contribution >= 0.6 is 34.8 Å². The summed E-state index contributed by atoms with van der Waals surface area (Å²) in [6.45, 7) is 3.08. The second-order valence-electron chi connectivity index (χ2n) is 8.61. The number of halogens is 3. The van der Waals surface area contributed by atoms with Gasteiger partial charge in [0, 0.05) is 18.6 Å². The van der Waals surface area contributed by atoms with Gasteiger partial charge < -0.3 is 10.2 Å². The molecule has 0 unspecified atom stereocenters. The molecule has 3 aromatic carbocycles. The summed E-state index contributed by atoms with van der Waals surface area (Å²) in [4.78, 5) is 28.0. The van der Waals surface area contributed by atoms with Gasteiger partial charge in [-0.15, -0.1) is 0 Å². The molecular formula is C27H28Cl3N3O4S. The van der Waals surface area contributed by atoms with Crippen molar-refractivity contribution in [3.63, 3.8) is 0 Å². The van der Waals surface area contributed by atoms with Crippen LogP contribution in [-0.4, -0.2) is 44.8 Å². The Kier molecular flexibility index (Phi) is 10.1. The van der Waals surface area contributed by atoms with Gasteiger partial charge in [0.05, 0.1) is 20.6 Å². The van der Waals surface area contributed by atoms with E-state index in [0.717, 1.165) is 9.87 Å². The minimum absolute atomic E-state index is 0.0182. The highest BCUT2D eigenvalue weighted by atomic mass is 35.5. The predicted molar refractivity (Wildman–Crippen MR) is 152 cm³/mol. The maximum absolute atomic E-state index is 13.9. The Morgan fingerprint density at radius 1 is 0.947 bits per heavy atom. The topological polar surface area (TPSA) is 86.8 Å². The van der Waals surface area contributed by atoms with Crippen LogP contribution in [-0.2, 0) is 26.2 Å². The molecule has 0 aliphatic heterocycles. The van der Waals surface area contributed by atoms with E-state index in [1.165, 1.54) is 36.2 Å². The third kappa shape index (κ3) is 6.99. The van der Waals surface area contributed by atoms with Gasteiger partial charge >= 0.3 is 0 Å². The SMILES string of the molecule is CC[C@@H](C(=O)NC)N(Cc1ccc(Cl)c(Cl)c1)C(=O)CN(c1cccc(C)c1)S(=O)(=O)c1ccc(Cl)cc1. The first-order valence-corrected chi connectivity index (χ1v) is 14.3. The van der Waals surface area contributed by atoms with Gasteiger partial charge in [-0.1, -0.05) is 59.9 Å². The minimum Gasteiger partial charge on any atom is -0.357 e. The molecule has 2 amide bonds. The fourth-order valence-corrected chi connectivity index (χ4v) is 5.82. The van der Waals surface area contributed by atoms with Gasteiger partial charge in [0.2, 0.25) is 11.8 Å². The van der Waals surface area contributed by atoms with E-state index in [0.29, 0.717) is 32.7 Å². The molecule has 0 aliphatic rings. The van der Waals surface area contributed by atoms with Crippen LogP contribution in [0, 0.1) is 6.92 Å². The third-order valence-electron chi connectivity index (χ3n) is 5.94. The molecule has 0 saturated heterocycles. The molecule has 11 heteroatoms. The molecule has 1 N–H and O–H groups in total. The lowest BCUT2D eigenvalue weighted by molar-refractivity contribution is -0.140. The number of carbonyl (C=O) groups excluding carboxylic acids is 2. The van der Waals surface area contributed by atoms with E-state index >= 15 is 0 Å². The van der Waals surface area contributed by atoms with Crippen molar-refractivity contribution in [2.24, 2.45) is 0 Å². The van der Waals surface area contributed by atoms with Crippen LogP contribution in [0.5, 0.6) is 0 Å². The molecule has 3 rings (SSSR count). The number of carbonyl (C=O) groups is 2. The van der Waals surface area contributed by atoms with Gasteiger partial charge in [0.25, 0.3) is 10.0 Å². The Balaban J connectivity index is 2.07. The molecular weight excluding hydrogens is 569 g/mol. The first kappa shape index (κ1) is 29.8. The van der Waals surface area contributed by atoms with Crippen LogP contribution in [0.3, 0.4) is 0 Å². The highest BCUT2D eigenvalue weighted by molar-refractivity contribution is 7.92. The van der Waals surface area contributed by atoms with Crippen molar-refractivity contribution in [1.29, 1.82) is 0 Å². The molecule has 0 aromatic heterocycles. The van der Waals surface area contributed by atoms with Crippen molar-refractivity contribution in [3.8, 4) is 0 Å². The summed E-state index contributed by atoms with van der Waals surface area (Å²) in [6.07, 6.45) is 0.307. The average Bonchev–Trinajstić information content (AvgIpc) is 2.89. The van der Waals surface area contributed by atoms with Crippen molar-refractivity contribution >= 4 is 62.3 Å². The predicted octanol–water partition coefficient (Wildman–Crippen LogP) is 5.70. The number of nitrogens with zero attached hydrogens (tertiary/aromatic N) is 2. The number of likely N-dealkylation sites (N-methyl/N-ethyl adjacent to an activating group) is 1. The Morgan fingerprint density at radius 2 is 1.63 bits per heavy atom. The zero-order valence-corrected chi connectivity index (χ0v) is 24.2. The molecule has 0 radical (unpaired) electrons. The van der Waals surface area contributed by atoms with E-state index in [-0.39, 0.29) is 17.3 Å². The number of benzene rings is 3. The van der Waals surface area contributed by atoms with Crippen LogP contribution in [0.4, 0.5) is 5.69 Å². The molecule has 0 heterocycles. The number of sulfonamides is 1. The lowest BCUT2D eigenvalue weighted by Gasteiger charge is -2.33. The average molecular weight is 597 g/mol. The second-order valence-corrected chi connectivity index (χ2v) is 11.7. The number of aryl methyl sites for hydroxylation is 1. The highest BCUT2D eigenvalue weighted by Crippen LogP contribution is 2.27. The number of nitrogens with one attached hydrogen (secondary N) is 1. The molecule has 0 aliphatic carbocycles. The minimum atomic E-state index is -4.17. The van der Waals surface area contributed by atoms with Crippen LogP contribution < -0.4 is 9.62 Å². The maximum Gasteiger partial charge on any atom is 0.264 e. The normalized spacial score (nSPS) is 12.1. The number of anilines is 1. The van der Waals surface area contributed by atoms with Gasteiger partial charge in [-0.25, -0.2) is 8.42 Å². The summed E-state index contributed by atoms with van der Waals surface area (Å²) >= 11 is 18.2. The standard InChI is InChI=1S/C27H28Cl3N3O4S/c1-4-25(27(35)31-3)32(16-19-8-13-23(29)24(30)15-19)26(34)17-33(21-7-5-6-18(2)14-21)38(36,37)22-11-9-20(28)10-12-22/h5-15,25H,4,16-17H2,1-3H3,(H,31,35)/t25-/m0/s1. The van der Waals surface area contributed by atoms with E-state index in [1.807, 2.05) is 13.0 Å². The number of rotatable bonds is 10. The quantitative estimate of drug-likeness (QED) is 0.325. The molecule has 0 saturated carbocycles. The Morgan fingerprint density at radius 3 is 2.21 bits per heavy atom. The summed E-state index contributed by atoms with van der Waals surface area (Å²) in [5.74, 6) is -0.936. The fourth-order valence-electron chi connectivity index (χ4n) is 3.97. The van der Waals surface area contributed by atoms with E-state index in [1.54, 1.807) is 43.3 Å². The molecule has 3 aromatic rings. The molecule has 0 bridgehead atoms. The van der Waals surface area contributed by atoms with Crippen molar-refractivity contribution in [1.82, 2.24) is 10.2 Å². The second kappa shape index (κ2) is 12.8. The van der Waals surface area contributed by atoms with Gasteiger partial charge in [-0.2, -0.15) is 0 Å². The molecule has 38 heavy (non-hydrogen) atoms. The molecule has 202 valence electrons. The van der Waals surface area contributed by atoms with Crippen LogP contribution in [0.15, 0.2) is 71.6 Å². The maximum atomic E-state index is 13.9. The van der Waals surface area contributed by atoms with E-state index in [2.05, 4.69) is 5.32 Å². The molecule has 0 spiro atoms. The lowest BCUT2D eigenvalue weighted by atomic mass is 10.1. The van der Waals surface area contributed by atoms with Gasteiger partial charge in [-0.3, -0.25) is 13.9 Å². The summed E-state index contributed by atoms with van der Waals surface area (Å²) in [6, 6.07) is 16.6. The zero-order chi connectivity index (χ0) is 28.0. The van der Waals surface area contributed by atoms with Crippen molar-refractivity contribution in [3.05, 3.63) is 92.9 Å². The van der Waals surface area contributed by atoms with E-state index in [4.69, 9.17) is 34.8 Å². The first-order chi connectivity index (χ1) is 18.0. The van der Waals surface area contributed by atoms with Crippen molar-refractivity contribution < 1.29 is 18.0 Å². The Labute approximate surface area is 238 Å². The van der Waals surface area contributed by atoms with Crippen molar-refractivity contribution in [2.75, 3.05) is 17.9 Å². The number of hydrogen-bond acceptors (Lipinski definition) is 4. The summed E-state index contributed by atoms with van der Waals surface area (Å²) in [7, 11) is -2.69. The number of amides is 2. The van der Waals surface area contributed by atoms with Crippen LogP contribution in [0.25, 0.3) is 0 Å². The summed E-state index contributed by atoms with van der Waals surface area (Å²) in [5.41, 5.74) is 1.77. The summed E-state index contributed by atoms with van der Waals surface area (Å²) < 4.78 is 28.6. The highest BCUT2D eigenvalue weighted by Gasteiger charge is 2.33. The largest absolute Gasteiger partial charge is 0.357 e. The number of hydrogen-bond donors (Lipinski definition) is 1. The van der Waals surface area contributed by atoms with Gasteiger partial charge in [-0.05, 0) is 73.0 Å². The van der Waals surface area contributed by atoms with Gasteiger partial charge in [0.1, 0.15) is 12.6 Å². The zero-order valence-electron chi connectivity index (χ0n) is 21.1. The van der Waals surface area contributed by atoms with E-state index in [9.17, 15) is 18.0 Å². The van der Waals surface area contributed by atoms with Crippen LogP contribution in [0.2, 0.25) is 15.1 Å². The smallest absolute Gasteiger partial charge is 0.264 e. The fraction of sp³-hybridized carbons (Fsp3) is 0.259. The monoisotopic (exact) mass is 595 g/mol. The first-order valence-electron chi connectivity index (χ1n) is 11.8. The molecule has 7 nitrogen and oxygen atoms in total. The van der Waals surface area contributed by atoms with Crippen LogP contribution in [0.1, 0.15) is 24.5 Å². The third-order valence-corrected chi connectivity index (χ3v) is 8.72. The Hall–Kier alpha value is -2.78. The molecule has 1 atom stereocenters. The van der Waals surface area contributed by atoms with Gasteiger partial charge in [0.15, 0.2) is 0 Å². The summed E-state index contributed by atoms with van der Waals surface area (Å²) in [5, 5.41) is 3.62. The molecule has 0 fully saturated rings. The van der Waals surface area contributed by atoms with E-state index < -0.39 is 28.5 Å². The lowest BCUT2D eigenvalue weighted by Crippen LogP contribution is -2.51. The Bertz CT molecular complexity index is 1420.